The average molecular weight is 676 g/mol. The van der Waals surface area contributed by atoms with Gasteiger partial charge in [-0.15, -0.1) is 0 Å². The molecule has 0 spiro atoms. The predicted octanol–water partition coefficient (Wildman–Crippen LogP) is 13.1. The van der Waals surface area contributed by atoms with Crippen LogP contribution in [0.2, 0.25) is 0 Å². The van der Waals surface area contributed by atoms with Crippen molar-refractivity contribution in [3.05, 3.63) is 176 Å². The first-order chi connectivity index (χ1) is 26.2. The molecule has 0 bridgehead atoms. The maximum absolute atomic E-state index is 6.28. The highest BCUT2D eigenvalue weighted by Crippen LogP contribution is 2.38. The van der Waals surface area contributed by atoms with Gasteiger partial charge in [-0.3, -0.25) is 0 Å². The average Bonchev–Trinajstić information content (AvgIpc) is 3.62. The van der Waals surface area contributed by atoms with Gasteiger partial charge in [0.1, 0.15) is 11.2 Å². The topological polar surface area (TPSA) is 51.8 Å². The fourth-order valence-electron chi connectivity index (χ4n) is 7.89. The van der Waals surface area contributed by atoms with Crippen molar-refractivity contribution in [3.8, 4) is 45.3 Å². The third-order valence-corrected chi connectivity index (χ3v) is 10.5. The van der Waals surface area contributed by atoms with E-state index < -0.39 is 0 Å². The molecule has 9 aromatic carbocycles. The molecule has 11 aromatic rings. The van der Waals surface area contributed by atoms with Gasteiger partial charge in [-0.05, 0) is 84.5 Å². The molecular formula is C49H29N3O. The van der Waals surface area contributed by atoms with E-state index in [9.17, 15) is 0 Å². The van der Waals surface area contributed by atoms with Gasteiger partial charge in [0.25, 0.3) is 0 Å². The van der Waals surface area contributed by atoms with Crippen LogP contribution in [-0.4, -0.2) is 15.0 Å². The number of furan rings is 1. The number of hydrogen-bond donors (Lipinski definition) is 0. The van der Waals surface area contributed by atoms with E-state index in [1.54, 1.807) is 0 Å². The standard InChI is InChI=1S/C49H29N3O/c1-2-11-32-27-34(20-19-30(32)9-1)33-12-7-13-36(28-33)47-50-48(52-49(51-47)43-16-8-18-45-46(43)42-15-5-6-17-44(42)53-45)37-23-24-39-35(29-37)22-26-40-38-14-4-3-10-31(38)21-25-41(39)40/h1-29H. The molecule has 4 nitrogen and oxygen atoms in total. The molecule has 0 atom stereocenters. The Morgan fingerprint density at radius 1 is 0.302 bits per heavy atom. The first kappa shape index (κ1) is 29.5. The molecule has 0 aliphatic carbocycles. The van der Waals surface area contributed by atoms with Crippen LogP contribution in [0.1, 0.15) is 0 Å². The van der Waals surface area contributed by atoms with E-state index in [0.717, 1.165) is 55.1 Å². The highest BCUT2D eigenvalue weighted by Gasteiger charge is 2.18. The number of fused-ring (bicyclic) bond motifs is 9. The molecule has 0 radical (unpaired) electrons. The van der Waals surface area contributed by atoms with Gasteiger partial charge in [0.15, 0.2) is 17.5 Å². The van der Waals surface area contributed by atoms with Gasteiger partial charge < -0.3 is 4.42 Å². The Morgan fingerprint density at radius 3 is 1.72 bits per heavy atom. The maximum atomic E-state index is 6.28. The lowest BCUT2D eigenvalue weighted by molar-refractivity contribution is 0.669. The summed E-state index contributed by atoms with van der Waals surface area (Å²) >= 11 is 0. The molecule has 0 aliphatic rings. The SMILES string of the molecule is c1cc(-c2ccc3ccccc3c2)cc(-c2nc(-c3ccc4c(ccc5c6ccccc6ccc45)c3)nc(-c3cccc4oc5ccccc5c34)n2)c1. The van der Waals surface area contributed by atoms with Gasteiger partial charge in [0, 0.05) is 27.5 Å². The highest BCUT2D eigenvalue weighted by molar-refractivity contribution is 6.17. The third-order valence-electron chi connectivity index (χ3n) is 10.5. The minimum Gasteiger partial charge on any atom is -0.456 e. The zero-order valence-corrected chi connectivity index (χ0v) is 28.5. The van der Waals surface area contributed by atoms with Crippen LogP contribution in [0.15, 0.2) is 180 Å². The fraction of sp³-hybridized carbons (Fsp3) is 0. The number of benzene rings is 9. The molecule has 0 amide bonds. The largest absolute Gasteiger partial charge is 0.456 e. The summed E-state index contributed by atoms with van der Waals surface area (Å²) in [5.74, 6) is 1.83. The van der Waals surface area contributed by atoms with Gasteiger partial charge in [-0.25, -0.2) is 15.0 Å². The number of aromatic nitrogens is 3. The summed E-state index contributed by atoms with van der Waals surface area (Å²) in [4.78, 5) is 15.6. The first-order valence-corrected chi connectivity index (χ1v) is 17.8. The van der Waals surface area contributed by atoms with Crippen molar-refractivity contribution < 1.29 is 4.42 Å². The Hall–Kier alpha value is -7.17. The van der Waals surface area contributed by atoms with E-state index >= 15 is 0 Å². The van der Waals surface area contributed by atoms with Crippen molar-refractivity contribution in [1.29, 1.82) is 0 Å². The molecule has 11 rings (SSSR count). The third kappa shape index (κ3) is 4.88. The maximum Gasteiger partial charge on any atom is 0.164 e. The number of para-hydroxylation sites is 1. The van der Waals surface area contributed by atoms with Crippen LogP contribution >= 0.6 is 0 Å². The molecule has 0 fully saturated rings. The molecule has 0 aliphatic heterocycles. The number of hydrogen-bond acceptors (Lipinski definition) is 4. The molecule has 0 saturated heterocycles. The Bertz CT molecular complexity index is 3250. The summed E-state index contributed by atoms with van der Waals surface area (Å²) in [5, 5.41) is 11.8. The summed E-state index contributed by atoms with van der Waals surface area (Å²) in [7, 11) is 0. The Labute approximate surface area is 304 Å². The van der Waals surface area contributed by atoms with Crippen LogP contribution < -0.4 is 0 Å². The molecule has 4 heteroatoms. The normalized spacial score (nSPS) is 11.8. The number of nitrogens with zero attached hydrogens (tertiary/aromatic N) is 3. The van der Waals surface area contributed by atoms with E-state index in [0.29, 0.717) is 17.5 Å². The summed E-state index contributed by atoms with van der Waals surface area (Å²) < 4.78 is 6.28. The number of rotatable bonds is 4. The van der Waals surface area contributed by atoms with Crippen molar-refractivity contribution >= 4 is 65.0 Å². The minimum atomic E-state index is 0.600. The molecule has 2 aromatic heterocycles. The second kappa shape index (κ2) is 11.7. The summed E-state index contributed by atoms with van der Waals surface area (Å²) in [5.41, 5.74) is 6.63. The van der Waals surface area contributed by atoms with Crippen molar-refractivity contribution in [2.75, 3.05) is 0 Å². The van der Waals surface area contributed by atoms with Crippen LogP contribution in [-0.2, 0) is 0 Å². The summed E-state index contributed by atoms with van der Waals surface area (Å²) in [6, 6.07) is 61.8. The van der Waals surface area contributed by atoms with Gasteiger partial charge >= 0.3 is 0 Å². The van der Waals surface area contributed by atoms with Crippen molar-refractivity contribution in [2.45, 2.75) is 0 Å². The van der Waals surface area contributed by atoms with Gasteiger partial charge in [0.05, 0.1) is 0 Å². The van der Waals surface area contributed by atoms with E-state index in [2.05, 4.69) is 146 Å². The smallest absolute Gasteiger partial charge is 0.164 e. The van der Waals surface area contributed by atoms with E-state index in [-0.39, 0.29) is 0 Å². The monoisotopic (exact) mass is 675 g/mol. The van der Waals surface area contributed by atoms with E-state index in [1.165, 1.54) is 37.7 Å². The van der Waals surface area contributed by atoms with Crippen molar-refractivity contribution in [2.24, 2.45) is 0 Å². The van der Waals surface area contributed by atoms with Crippen molar-refractivity contribution in [1.82, 2.24) is 15.0 Å². The summed E-state index contributed by atoms with van der Waals surface area (Å²) in [6.07, 6.45) is 0. The molecular weight excluding hydrogens is 647 g/mol. The van der Waals surface area contributed by atoms with Gasteiger partial charge in [-0.2, -0.15) is 0 Å². The van der Waals surface area contributed by atoms with Gasteiger partial charge in [-0.1, -0.05) is 146 Å². The Balaban J connectivity index is 1.11. The Morgan fingerprint density at radius 2 is 0.849 bits per heavy atom. The van der Waals surface area contributed by atoms with Crippen LogP contribution in [0.4, 0.5) is 0 Å². The van der Waals surface area contributed by atoms with E-state index in [1.807, 2.05) is 30.3 Å². The lowest BCUT2D eigenvalue weighted by Crippen LogP contribution is -2.00. The van der Waals surface area contributed by atoms with Crippen molar-refractivity contribution in [3.63, 3.8) is 0 Å². The van der Waals surface area contributed by atoms with Crippen LogP contribution in [0.25, 0.3) is 110 Å². The van der Waals surface area contributed by atoms with Crippen LogP contribution in [0.5, 0.6) is 0 Å². The molecule has 0 saturated carbocycles. The quantitative estimate of drug-likeness (QED) is 0.174. The first-order valence-electron chi connectivity index (χ1n) is 17.8. The summed E-state index contributed by atoms with van der Waals surface area (Å²) in [6.45, 7) is 0. The second-order valence-corrected chi connectivity index (χ2v) is 13.6. The zero-order valence-electron chi connectivity index (χ0n) is 28.5. The molecule has 0 unspecified atom stereocenters. The Kier molecular flexibility index (Phi) is 6.52. The molecule has 246 valence electrons. The minimum absolute atomic E-state index is 0.600. The predicted molar refractivity (Wildman–Crippen MR) is 219 cm³/mol. The second-order valence-electron chi connectivity index (χ2n) is 13.6. The zero-order chi connectivity index (χ0) is 34.9. The van der Waals surface area contributed by atoms with Crippen LogP contribution in [0.3, 0.4) is 0 Å². The fourth-order valence-corrected chi connectivity index (χ4v) is 7.89. The molecule has 2 heterocycles. The van der Waals surface area contributed by atoms with Gasteiger partial charge in [0.2, 0.25) is 0 Å². The highest BCUT2D eigenvalue weighted by atomic mass is 16.3. The lowest BCUT2D eigenvalue weighted by Gasteiger charge is -2.12. The molecule has 53 heavy (non-hydrogen) atoms. The van der Waals surface area contributed by atoms with Crippen LogP contribution in [0, 0.1) is 0 Å². The lowest BCUT2D eigenvalue weighted by atomic mass is 9.96. The van der Waals surface area contributed by atoms with E-state index in [4.69, 9.17) is 19.4 Å². The molecule has 0 N–H and O–H groups in total.